The van der Waals surface area contributed by atoms with Crippen LogP contribution in [0.2, 0.25) is 0 Å². The molecule has 10 heteroatoms. The number of fused-ring (bicyclic) bond motifs is 1. The fourth-order valence-electron chi connectivity index (χ4n) is 4.06. The summed E-state index contributed by atoms with van der Waals surface area (Å²) in [7, 11) is 1.66. The molecule has 0 spiro atoms. The van der Waals surface area contributed by atoms with E-state index in [0.29, 0.717) is 43.4 Å². The van der Waals surface area contributed by atoms with Gasteiger partial charge in [-0.05, 0) is 33.8 Å². The van der Waals surface area contributed by atoms with Gasteiger partial charge in [0.2, 0.25) is 5.95 Å². The summed E-state index contributed by atoms with van der Waals surface area (Å²) in [5.41, 5.74) is 1.93. The van der Waals surface area contributed by atoms with E-state index in [1.807, 2.05) is 38.3 Å². The fraction of sp³-hybridized carbons (Fsp3) is 0.600. The molecule has 1 aliphatic heterocycles. The first kappa shape index (κ1) is 20.5. The molecular weight excluding hydrogens is 386 g/mol. The van der Waals surface area contributed by atoms with Gasteiger partial charge in [-0.3, -0.25) is 23.4 Å². The Bertz CT molecular complexity index is 1190. The number of morpholine rings is 1. The summed E-state index contributed by atoms with van der Waals surface area (Å²) in [6, 6.07) is 1.93. The first-order chi connectivity index (χ1) is 14.3. The van der Waals surface area contributed by atoms with E-state index in [4.69, 9.17) is 4.74 Å². The van der Waals surface area contributed by atoms with Crippen molar-refractivity contribution in [3.63, 3.8) is 0 Å². The molecule has 0 radical (unpaired) electrons. The van der Waals surface area contributed by atoms with Crippen LogP contribution >= 0.6 is 0 Å². The van der Waals surface area contributed by atoms with Gasteiger partial charge in [0.05, 0.1) is 18.9 Å². The van der Waals surface area contributed by atoms with Gasteiger partial charge in [0.25, 0.3) is 5.56 Å². The average Bonchev–Trinajstić information content (AvgIpc) is 3.27. The van der Waals surface area contributed by atoms with Crippen LogP contribution in [0.1, 0.15) is 31.3 Å². The average molecular weight is 415 g/mol. The highest BCUT2D eigenvalue weighted by Crippen LogP contribution is 2.21. The molecule has 0 atom stereocenters. The molecule has 4 heterocycles. The molecule has 10 nitrogen and oxygen atoms in total. The zero-order chi connectivity index (χ0) is 21.6. The van der Waals surface area contributed by atoms with E-state index in [-0.39, 0.29) is 17.3 Å². The summed E-state index contributed by atoms with van der Waals surface area (Å²) in [4.78, 5) is 33.3. The number of aryl methyl sites for hydroxylation is 3. The Morgan fingerprint density at radius 2 is 1.83 bits per heavy atom. The van der Waals surface area contributed by atoms with Crippen LogP contribution in [0, 0.1) is 13.8 Å². The largest absolute Gasteiger partial charge is 0.379 e. The standard InChI is InChI=1S/C20H29N7O3/c1-13(2)26-16-17(21-19(26)27-15(4)12-14(3)22-27)23(5)20(29)25(18(16)28)7-6-24-8-10-30-11-9-24/h12-13H,6-11H2,1-5H3. The van der Waals surface area contributed by atoms with Gasteiger partial charge in [0.15, 0.2) is 11.2 Å². The third-order valence-electron chi connectivity index (χ3n) is 5.62. The molecule has 0 unspecified atom stereocenters. The maximum atomic E-state index is 13.5. The van der Waals surface area contributed by atoms with Crippen LogP contribution in [0.5, 0.6) is 0 Å². The predicted octanol–water partition coefficient (Wildman–Crippen LogP) is 0.612. The molecule has 3 aromatic heterocycles. The first-order valence-electron chi connectivity index (χ1n) is 10.3. The molecular formula is C20H29N7O3. The zero-order valence-electron chi connectivity index (χ0n) is 18.3. The normalized spacial score (nSPS) is 15.5. The molecule has 1 fully saturated rings. The van der Waals surface area contributed by atoms with Crippen molar-refractivity contribution in [1.82, 2.24) is 33.4 Å². The summed E-state index contributed by atoms with van der Waals surface area (Å²) in [5, 5.41) is 4.54. The number of aromatic nitrogens is 6. The van der Waals surface area contributed by atoms with Crippen LogP contribution in [0.3, 0.4) is 0 Å². The van der Waals surface area contributed by atoms with E-state index in [9.17, 15) is 9.59 Å². The first-order valence-corrected chi connectivity index (χ1v) is 10.3. The molecule has 0 amide bonds. The Morgan fingerprint density at radius 1 is 1.13 bits per heavy atom. The van der Waals surface area contributed by atoms with Crippen molar-refractivity contribution in [2.24, 2.45) is 7.05 Å². The van der Waals surface area contributed by atoms with Gasteiger partial charge >= 0.3 is 5.69 Å². The van der Waals surface area contributed by atoms with E-state index in [0.717, 1.165) is 24.5 Å². The minimum Gasteiger partial charge on any atom is -0.379 e. The highest BCUT2D eigenvalue weighted by atomic mass is 16.5. The zero-order valence-corrected chi connectivity index (χ0v) is 18.3. The van der Waals surface area contributed by atoms with E-state index in [1.54, 1.807) is 11.7 Å². The van der Waals surface area contributed by atoms with E-state index in [2.05, 4.69) is 15.0 Å². The van der Waals surface area contributed by atoms with Crippen molar-refractivity contribution < 1.29 is 4.74 Å². The van der Waals surface area contributed by atoms with Gasteiger partial charge in [0.1, 0.15) is 0 Å². The lowest BCUT2D eigenvalue weighted by Gasteiger charge is -2.26. The minimum atomic E-state index is -0.353. The molecule has 4 rings (SSSR count). The van der Waals surface area contributed by atoms with Gasteiger partial charge in [-0.15, -0.1) is 0 Å². The van der Waals surface area contributed by atoms with Crippen molar-refractivity contribution in [3.8, 4) is 5.95 Å². The van der Waals surface area contributed by atoms with E-state index < -0.39 is 0 Å². The lowest BCUT2D eigenvalue weighted by Crippen LogP contribution is -2.44. The maximum Gasteiger partial charge on any atom is 0.332 e. The number of rotatable bonds is 5. The van der Waals surface area contributed by atoms with Gasteiger partial charge in [-0.25, -0.2) is 9.48 Å². The van der Waals surface area contributed by atoms with Crippen LogP contribution < -0.4 is 11.2 Å². The molecule has 0 N–H and O–H groups in total. The molecule has 1 aliphatic rings. The molecule has 0 aliphatic carbocycles. The number of hydrogen-bond donors (Lipinski definition) is 0. The molecule has 0 saturated carbocycles. The van der Waals surface area contributed by atoms with Gasteiger partial charge in [-0.2, -0.15) is 10.1 Å². The second kappa shape index (κ2) is 7.84. The third kappa shape index (κ3) is 3.39. The van der Waals surface area contributed by atoms with Crippen molar-refractivity contribution >= 4 is 11.2 Å². The molecule has 3 aromatic rings. The molecule has 0 bridgehead atoms. The van der Waals surface area contributed by atoms with Crippen LogP contribution in [-0.2, 0) is 18.3 Å². The summed E-state index contributed by atoms with van der Waals surface area (Å²) < 4.78 is 11.8. The Labute approximate surface area is 174 Å². The van der Waals surface area contributed by atoms with Gasteiger partial charge in [-0.1, -0.05) is 0 Å². The van der Waals surface area contributed by atoms with Crippen molar-refractivity contribution in [2.75, 3.05) is 32.8 Å². The Morgan fingerprint density at radius 3 is 2.43 bits per heavy atom. The number of nitrogens with zero attached hydrogens (tertiary/aromatic N) is 7. The number of imidazole rings is 1. The van der Waals surface area contributed by atoms with Gasteiger partial charge in [0, 0.05) is 45.0 Å². The molecule has 162 valence electrons. The summed E-state index contributed by atoms with van der Waals surface area (Å²) >= 11 is 0. The molecule has 1 saturated heterocycles. The topological polar surface area (TPSA) is 92.1 Å². The van der Waals surface area contributed by atoms with Gasteiger partial charge < -0.3 is 4.74 Å². The van der Waals surface area contributed by atoms with Crippen LogP contribution in [0.4, 0.5) is 0 Å². The summed E-state index contributed by atoms with van der Waals surface area (Å²) in [6.45, 7) is 11.8. The molecule has 30 heavy (non-hydrogen) atoms. The fourth-order valence-corrected chi connectivity index (χ4v) is 4.06. The van der Waals surface area contributed by atoms with Crippen LogP contribution in [-0.4, -0.2) is 66.2 Å². The number of hydrogen-bond acceptors (Lipinski definition) is 6. The highest BCUT2D eigenvalue weighted by Gasteiger charge is 2.24. The lowest BCUT2D eigenvalue weighted by atomic mass is 10.3. The summed E-state index contributed by atoms with van der Waals surface area (Å²) in [6.07, 6.45) is 0. The SMILES string of the molecule is Cc1cc(C)n(-c2nc3c(c(=O)n(CCN4CCOCC4)c(=O)n3C)n2C(C)C)n1. The van der Waals surface area contributed by atoms with E-state index in [1.165, 1.54) is 9.13 Å². The summed E-state index contributed by atoms with van der Waals surface area (Å²) in [5.74, 6) is 0.545. The second-order valence-corrected chi connectivity index (χ2v) is 8.14. The third-order valence-corrected chi connectivity index (χ3v) is 5.62. The minimum absolute atomic E-state index is 0.0354. The predicted molar refractivity (Wildman–Crippen MR) is 113 cm³/mol. The van der Waals surface area contributed by atoms with Crippen molar-refractivity contribution in [2.45, 2.75) is 40.3 Å². The monoisotopic (exact) mass is 415 g/mol. The van der Waals surface area contributed by atoms with E-state index >= 15 is 0 Å². The lowest BCUT2D eigenvalue weighted by molar-refractivity contribution is 0.0361. The van der Waals surface area contributed by atoms with Crippen LogP contribution in [0.25, 0.3) is 17.1 Å². The Hall–Kier alpha value is -2.72. The maximum absolute atomic E-state index is 13.5. The quantitative estimate of drug-likeness (QED) is 0.606. The van der Waals surface area contributed by atoms with Crippen molar-refractivity contribution in [3.05, 3.63) is 38.3 Å². The Balaban J connectivity index is 1.88. The smallest absolute Gasteiger partial charge is 0.332 e. The highest BCUT2D eigenvalue weighted by molar-refractivity contribution is 5.73. The Kier molecular flexibility index (Phi) is 5.37. The van der Waals surface area contributed by atoms with Crippen LogP contribution in [0.15, 0.2) is 15.7 Å². The number of ether oxygens (including phenoxy) is 1. The molecule has 0 aromatic carbocycles. The van der Waals surface area contributed by atoms with Crippen molar-refractivity contribution in [1.29, 1.82) is 0 Å². The second-order valence-electron chi connectivity index (χ2n) is 8.14.